The Labute approximate surface area is 141 Å². The maximum Gasteiger partial charge on any atom is 0.338 e. The van der Waals surface area contributed by atoms with Crippen LogP contribution in [0.5, 0.6) is 11.5 Å². The van der Waals surface area contributed by atoms with Gasteiger partial charge in [0.05, 0.1) is 25.3 Å². The number of rotatable bonds is 4. The van der Waals surface area contributed by atoms with E-state index in [4.69, 9.17) is 4.74 Å². The van der Waals surface area contributed by atoms with Crippen LogP contribution in [0.3, 0.4) is 0 Å². The van der Waals surface area contributed by atoms with E-state index in [1.165, 1.54) is 32.4 Å². The highest BCUT2D eigenvalue weighted by molar-refractivity contribution is 14.1. The van der Waals surface area contributed by atoms with E-state index in [0.29, 0.717) is 11.5 Å². The van der Waals surface area contributed by atoms with E-state index in [1.54, 1.807) is 12.1 Å². The largest absolute Gasteiger partial charge is 0.465 e. The van der Waals surface area contributed by atoms with Crippen molar-refractivity contribution in [2.45, 2.75) is 0 Å². The lowest BCUT2D eigenvalue weighted by Gasteiger charge is -2.09. The van der Waals surface area contributed by atoms with Crippen molar-refractivity contribution in [3.05, 3.63) is 57.2 Å². The quantitative estimate of drug-likeness (QED) is 0.567. The van der Waals surface area contributed by atoms with Crippen molar-refractivity contribution in [3.63, 3.8) is 0 Å². The first-order valence-corrected chi connectivity index (χ1v) is 7.36. The summed E-state index contributed by atoms with van der Waals surface area (Å²) >= 11 is 2.19. The highest BCUT2D eigenvalue weighted by Crippen LogP contribution is 2.25. The Balaban J connectivity index is 2.38. The third-order valence-electron chi connectivity index (χ3n) is 2.80. The Morgan fingerprint density at radius 2 is 1.32 bits per heavy atom. The molecular formula is C16H13IO5. The van der Waals surface area contributed by atoms with Crippen molar-refractivity contribution in [1.82, 2.24) is 0 Å². The summed E-state index contributed by atoms with van der Waals surface area (Å²) in [6, 6.07) is 11.8. The summed E-state index contributed by atoms with van der Waals surface area (Å²) < 4.78 is 16.1. The number of ether oxygens (including phenoxy) is 3. The molecule has 0 atom stereocenters. The van der Waals surface area contributed by atoms with E-state index >= 15 is 0 Å². The molecule has 6 heteroatoms. The molecular weight excluding hydrogens is 399 g/mol. The highest BCUT2D eigenvalue weighted by Gasteiger charge is 2.14. The first kappa shape index (κ1) is 16.3. The van der Waals surface area contributed by atoms with Gasteiger partial charge in [-0.15, -0.1) is 0 Å². The van der Waals surface area contributed by atoms with Gasteiger partial charge in [-0.1, -0.05) is 0 Å². The maximum absolute atomic E-state index is 11.7. The first-order valence-electron chi connectivity index (χ1n) is 6.28. The Hall–Kier alpha value is -2.09. The minimum absolute atomic E-state index is 0.214. The molecule has 22 heavy (non-hydrogen) atoms. The van der Waals surface area contributed by atoms with Crippen LogP contribution in [0.4, 0.5) is 0 Å². The van der Waals surface area contributed by atoms with Crippen molar-refractivity contribution < 1.29 is 23.8 Å². The number of hydrogen-bond donors (Lipinski definition) is 0. The van der Waals surface area contributed by atoms with E-state index < -0.39 is 11.9 Å². The van der Waals surface area contributed by atoms with E-state index in [1.807, 2.05) is 12.1 Å². The number of benzene rings is 2. The minimum Gasteiger partial charge on any atom is -0.465 e. The summed E-state index contributed by atoms with van der Waals surface area (Å²) in [5.41, 5.74) is 0.428. The molecule has 2 aromatic rings. The minimum atomic E-state index is -0.557. The van der Waals surface area contributed by atoms with Crippen molar-refractivity contribution in [1.29, 1.82) is 0 Å². The lowest BCUT2D eigenvalue weighted by atomic mass is 10.1. The van der Waals surface area contributed by atoms with Gasteiger partial charge in [-0.25, -0.2) is 9.59 Å². The molecule has 0 fully saturated rings. The Kier molecular flexibility index (Phi) is 5.37. The van der Waals surface area contributed by atoms with Crippen LogP contribution in [0.2, 0.25) is 0 Å². The molecule has 0 saturated carbocycles. The van der Waals surface area contributed by atoms with Crippen molar-refractivity contribution in [3.8, 4) is 11.5 Å². The molecule has 0 aliphatic carbocycles. The van der Waals surface area contributed by atoms with Crippen LogP contribution in [-0.2, 0) is 9.47 Å². The van der Waals surface area contributed by atoms with Crippen molar-refractivity contribution in [2.75, 3.05) is 14.2 Å². The Bertz CT molecular complexity index is 660. The number of halogens is 1. The van der Waals surface area contributed by atoms with Crippen LogP contribution in [0.15, 0.2) is 42.5 Å². The van der Waals surface area contributed by atoms with Gasteiger partial charge in [0.25, 0.3) is 0 Å². The average Bonchev–Trinajstić information content (AvgIpc) is 2.55. The monoisotopic (exact) mass is 412 g/mol. The van der Waals surface area contributed by atoms with Gasteiger partial charge in [0.15, 0.2) is 0 Å². The number of esters is 2. The first-order chi connectivity index (χ1) is 10.5. The number of methoxy groups -OCH3 is 2. The third kappa shape index (κ3) is 3.97. The normalized spacial score (nSPS) is 9.95. The zero-order chi connectivity index (χ0) is 16.1. The fourth-order valence-electron chi connectivity index (χ4n) is 1.77. The van der Waals surface area contributed by atoms with Crippen LogP contribution in [0.1, 0.15) is 20.7 Å². The molecule has 114 valence electrons. The van der Waals surface area contributed by atoms with Gasteiger partial charge in [0.1, 0.15) is 11.5 Å². The topological polar surface area (TPSA) is 61.8 Å². The van der Waals surface area contributed by atoms with Crippen LogP contribution < -0.4 is 4.74 Å². The van der Waals surface area contributed by atoms with Gasteiger partial charge < -0.3 is 14.2 Å². The summed E-state index contributed by atoms with van der Waals surface area (Å²) in [4.78, 5) is 23.4. The number of hydrogen-bond acceptors (Lipinski definition) is 5. The molecule has 2 rings (SSSR count). The van der Waals surface area contributed by atoms with Gasteiger partial charge in [0, 0.05) is 3.57 Å². The lowest BCUT2D eigenvalue weighted by Crippen LogP contribution is -2.07. The van der Waals surface area contributed by atoms with Gasteiger partial charge >= 0.3 is 11.9 Å². The molecule has 2 aromatic carbocycles. The van der Waals surface area contributed by atoms with Gasteiger partial charge in [-0.2, -0.15) is 0 Å². The molecule has 0 heterocycles. The van der Waals surface area contributed by atoms with Gasteiger partial charge in [-0.3, -0.25) is 0 Å². The molecule has 0 aliphatic heterocycles. The van der Waals surface area contributed by atoms with Gasteiger partial charge in [0.2, 0.25) is 0 Å². The fourth-order valence-corrected chi connectivity index (χ4v) is 2.13. The smallest absolute Gasteiger partial charge is 0.338 e. The van der Waals surface area contributed by atoms with Crippen LogP contribution in [0, 0.1) is 3.57 Å². The van der Waals surface area contributed by atoms with E-state index in [-0.39, 0.29) is 11.1 Å². The standard InChI is InChI=1S/C16H13IO5/c1-20-15(18)10-7-11(16(19)21-2)9-14(8-10)22-13-5-3-12(17)4-6-13/h3-9H,1-2H3. The molecule has 0 spiro atoms. The fraction of sp³-hybridized carbons (Fsp3) is 0.125. The molecule has 0 unspecified atom stereocenters. The lowest BCUT2D eigenvalue weighted by molar-refractivity contribution is 0.0598. The molecule has 0 saturated heterocycles. The van der Waals surface area contributed by atoms with Crippen LogP contribution in [-0.4, -0.2) is 26.2 Å². The molecule has 5 nitrogen and oxygen atoms in total. The molecule has 0 aliphatic rings. The average molecular weight is 412 g/mol. The van der Waals surface area contributed by atoms with Crippen LogP contribution in [0.25, 0.3) is 0 Å². The second-order valence-corrected chi connectivity index (χ2v) is 5.53. The molecule has 0 amide bonds. The summed E-state index contributed by atoms with van der Waals surface area (Å²) in [5, 5.41) is 0. The zero-order valence-electron chi connectivity index (χ0n) is 12.0. The number of carbonyl (C=O) groups is 2. The maximum atomic E-state index is 11.7. The predicted octanol–water partition coefficient (Wildman–Crippen LogP) is 3.66. The van der Waals surface area contributed by atoms with Gasteiger partial charge in [-0.05, 0) is 65.1 Å². The summed E-state index contributed by atoms with van der Waals surface area (Å²) in [6.07, 6.45) is 0. The van der Waals surface area contributed by atoms with Crippen molar-refractivity contribution in [2.24, 2.45) is 0 Å². The summed E-state index contributed by atoms with van der Waals surface area (Å²) in [6.45, 7) is 0. The van der Waals surface area contributed by atoms with Crippen LogP contribution >= 0.6 is 22.6 Å². The van der Waals surface area contributed by atoms with Crippen molar-refractivity contribution >= 4 is 34.5 Å². The summed E-state index contributed by atoms with van der Waals surface area (Å²) in [7, 11) is 2.54. The second-order valence-electron chi connectivity index (χ2n) is 4.29. The SMILES string of the molecule is COC(=O)c1cc(Oc2ccc(I)cc2)cc(C(=O)OC)c1. The third-order valence-corrected chi connectivity index (χ3v) is 3.52. The van der Waals surface area contributed by atoms with E-state index in [9.17, 15) is 9.59 Å². The molecule has 0 N–H and O–H groups in total. The Morgan fingerprint density at radius 1 is 0.818 bits per heavy atom. The number of carbonyl (C=O) groups excluding carboxylic acids is 2. The molecule has 0 bridgehead atoms. The molecule has 0 radical (unpaired) electrons. The second kappa shape index (κ2) is 7.26. The Morgan fingerprint density at radius 3 is 1.77 bits per heavy atom. The summed E-state index contributed by atoms with van der Waals surface area (Å²) in [5.74, 6) is -0.167. The molecule has 0 aromatic heterocycles. The van der Waals surface area contributed by atoms with E-state index in [0.717, 1.165) is 3.57 Å². The predicted molar refractivity (Wildman–Crippen MR) is 88.4 cm³/mol. The highest BCUT2D eigenvalue weighted by atomic mass is 127. The van der Waals surface area contributed by atoms with E-state index in [2.05, 4.69) is 32.1 Å². The zero-order valence-corrected chi connectivity index (χ0v) is 14.1.